The van der Waals surface area contributed by atoms with Crippen LogP contribution in [-0.2, 0) is 0 Å². The Hall–Kier alpha value is -0.610. The molecule has 0 bridgehead atoms. The van der Waals surface area contributed by atoms with E-state index < -0.39 is 5.60 Å². The van der Waals surface area contributed by atoms with Gasteiger partial charge in [0.05, 0.1) is 11.6 Å². The lowest BCUT2D eigenvalue weighted by molar-refractivity contribution is 0.0442. The van der Waals surface area contributed by atoms with Gasteiger partial charge in [-0.1, -0.05) is 0 Å². The van der Waals surface area contributed by atoms with Crippen LogP contribution >= 0.6 is 0 Å². The number of aliphatic hydroxyl groups is 1. The van der Waals surface area contributed by atoms with Crippen molar-refractivity contribution < 1.29 is 5.11 Å². The molecule has 0 aliphatic carbocycles. The van der Waals surface area contributed by atoms with E-state index in [-0.39, 0.29) is 11.9 Å². The highest BCUT2D eigenvalue weighted by molar-refractivity contribution is 5.82. The van der Waals surface area contributed by atoms with Gasteiger partial charge in [-0.15, -0.1) is 0 Å². The molecule has 0 aromatic rings. The number of hydrogen-bond donors (Lipinski definition) is 3. The summed E-state index contributed by atoms with van der Waals surface area (Å²) in [7, 11) is 0. The van der Waals surface area contributed by atoms with Gasteiger partial charge in [-0.25, -0.2) is 0 Å². The van der Waals surface area contributed by atoms with E-state index in [0.717, 1.165) is 32.4 Å². The lowest BCUT2D eigenvalue weighted by atomic mass is 9.98. The molecular weight excluding hydrogens is 178 g/mol. The van der Waals surface area contributed by atoms with E-state index >= 15 is 0 Å². The predicted molar refractivity (Wildman–Crippen MR) is 57.4 cm³/mol. The topological polar surface area (TPSA) is 73.3 Å². The van der Waals surface area contributed by atoms with Crippen LogP contribution < -0.4 is 5.73 Å². The highest BCUT2D eigenvalue weighted by Crippen LogP contribution is 2.22. The van der Waals surface area contributed by atoms with Gasteiger partial charge in [0.25, 0.3) is 0 Å². The van der Waals surface area contributed by atoms with Crippen molar-refractivity contribution >= 4 is 5.84 Å². The van der Waals surface area contributed by atoms with Crippen LogP contribution in [0, 0.1) is 5.41 Å². The maximum Gasteiger partial charge on any atom is 0.108 e. The number of amidine groups is 1. The molecule has 14 heavy (non-hydrogen) atoms. The van der Waals surface area contributed by atoms with Gasteiger partial charge in [0.2, 0.25) is 0 Å². The Morgan fingerprint density at radius 1 is 1.50 bits per heavy atom. The Balaban J connectivity index is 2.54. The second-order valence-corrected chi connectivity index (χ2v) is 4.52. The van der Waals surface area contributed by atoms with Gasteiger partial charge in [-0.2, -0.15) is 0 Å². The summed E-state index contributed by atoms with van der Waals surface area (Å²) in [5.41, 5.74) is 4.93. The van der Waals surface area contributed by atoms with Gasteiger partial charge >= 0.3 is 0 Å². The molecule has 1 aliphatic heterocycles. The largest absolute Gasteiger partial charge is 0.390 e. The van der Waals surface area contributed by atoms with Gasteiger partial charge in [0.15, 0.2) is 0 Å². The zero-order valence-electron chi connectivity index (χ0n) is 9.08. The molecule has 0 spiro atoms. The third-order valence-corrected chi connectivity index (χ3v) is 3.10. The molecule has 0 aromatic carbocycles. The number of rotatable bonds is 2. The first-order chi connectivity index (χ1) is 6.42. The van der Waals surface area contributed by atoms with Crippen LogP contribution in [0.15, 0.2) is 0 Å². The summed E-state index contributed by atoms with van der Waals surface area (Å²) in [6.45, 7) is 5.59. The van der Waals surface area contributed by atoms with Crippen molar-refractivity contribution in [2.75, 3.05) is 13.1 Å². The van der Waals surface area contributed by atoms with Crippen molar-refractivity contribution in [2.45, 2.75) is 44.8 Å². The SMILES string of the molecule is CC(C(=N)N)N1CCCC(C)(O)CC1. The monoisotopic (exact) mass is 199 g/mol. The first kappa shape index (κ1) is 11.5. The Morgan fingerprint density at radius 2 is 2.14 bits per heavy atom. The molecule has 0 radical (unpaired) electrons. The van der Waals surface area contributed by atoms with E-state index in [1.165, 1.54) is 0 Å². The maximum absolute atomic E-state index is 9.88. The molecular formula is C10H21N3O. The van der Waals surface area contributed by atoms with Gasteiger partial charge in [0, 0.05) is 6.54 Å². The van der Waals surface area contributed by atoms with Crippen LogP contribution in [0.1, 0.15) is 33.1 Å². The van der Waals surface area contributed by atoms with Crippen molar-refractivity contribution in [2.24, 2.45) is 5.73 Å². The first-order valence-electron chi connectivity index (χ1n) is 5.23. The fourth-order valence-corrected chi connectivity index (χ4v) is 1.87. The molecule has 1 rings (SSSR count). The minimum Gasteiger partial charge on any atom is -0.390 e. The summed E-state index contributed by atoms with van der Waals surface area (Å²) in [4.78, 5) is 2.17. The molecule has 0 aromatic heterocycles. The molecule has 1 aliphatic rings. The minimum absolute atomic E-state index is 0.00361. The van der Waals surface area contributed by atoms with Gasteiger partial charge in [0.1, 0.15) is 5.84 Å². The Kier molecular flexibility index (Phi) is 3.50. The zero-order chi connectivity index (χ0) is 10.8. The minimum atomic E-state index is -0.536. The smallest absolute Gasteiger partial charge is 0.108 e. The molecule has 0 saturated carbocycles. The summed E-state index contributed by atoms with van der Waals surface area (Å²) in [5.74, 6) is 0.214. The summed E-state index contributed by atoms with van der Waals surface area (Å²) >= 11 is 0. The molecule has 4 N–H and O–H groups in total. The fraction of sp³-hybridized carbons (Fsp3) is 0.900. The molecule has 0 amide bonds. The average molecular weight is 199 g/mol. The summed E-state index contributed by atoms with van der Waals surface area (Å²) in [6, 6.07) is 0.00361. The van der Waals surface area contributed by atoms with Crippen LogP contribution in [0.5, 0.6) is 0 Å². The molecule has 4 heteroatoms. The van der Waals surface area contributed by atoms with E-state index in [1.807, 2.05) is 13.8 Å². The standard InChI is InChI=1S/C10H21N3O/c1-8(9(11)12)13-6-3-4-10(2,14)5-7-13/h8,14H,3-7H2,1-2H3,(H3,11,12). The number of likely N-dealkylation sites (tertiary alicyclic amines) is 1. The van der Waals surface area contributed by atoms with Gasteiger partial charge in [-0.3, -0.25) is 10.3 Å². The summed E-state index contributed by atoms with van der Waals surface area (Å²) in [6.07, 6.45) is 2.59. The van der Waals surface area contributed by atoms with Crippen LogP contribution in [0.25, 0.3) is 0 Å². The molecule has 1 saturated heterocycles. The van der Waals surface area contributed by atoms with Crippen molar-refractivity contribution in [1.82, 2.24) is 4.90 Å². The second-order valence-electron chi connectivity index (χ2n) is 4.52. The molecule has 82 valence electrons. The highest BCUT2D eigenvalue weighted by atomic mass is 16.3. The lowest BCUT2D eigenvalue weighted by Gasteiger charge is -2.27. The second kappa shape index (κ2) is 4.28. The lowest BCUT2D eigenvalue weighted by Crippen LogP contribution is -2.43. The number of nitrogens with one attached hydrogen (secondary N) is 1. The predicted octanol–water partition coefficient (Wildman–Crippen LogP) is 0.548. The number of nitrogens with two attached hydrogens (primary N) is 1. The van der Waals surface area contributed by atoms with E-state index in [2.05, 4.69) is 4.90 Å². The molecule has 2 atom stereocenters. The third-order valence-electron chi connectivity index (χ3n) is 3.10. The van der Waals surface area contributed by atoms with Crippen LogP contribution in [-0.4, -0.2) is 40.6 Å². The molecule has 4 nitrogen and oxygen atoms in total. The highest BCUT2D eigenvalue weighted by Gasteiger charge is 2.27. The maximum atomic E-state index is 9.88. The number of nitrogens with zero attached hydrogens (tertiary/aromatic N) is 1. The van der Waals surface area contributed by atoms with E-state index in [9.17, 15) is 5.11 Å². The van der Waals surface area contributed by atoms with E-state index in [4.69, 9.17) is 11.1 Å². The Bertz CT molecular complexity index is 215. The molecule has 2 unspecified atom stereocenters. The van der Waals surface area contributed by atoms with E-state index in [1.54, 1.807) is 0 Å². The summed E-state index contributed by atoms with van der Waals surface area (Å²) in [5, 5.41) is 17.3. The Labute approximate surface area is 85.6 Å². The van der Waals surface area contributed by atoms with Crippen molar-refractivity contribution in [3.63, 3.8) is 0 Å². The first-order valence-corrected chi connectivity index (χ1v) is 5.23. The fourth-order valence-electron chi connectivity index (χ4n) is 1.87. The molecule has 1 fully saturated rings. The molecule has 1 heterocycles. The van der Waals surface area contributed by atoms with Crippen LogP contribution in [0.4, 0.5) is 0 Å². The zero-order valence-corrected chi connectivity index (χ0v) is 9.08. The quantitative estimate of drug-likeness (QED) is 0.449. The van der Waals surface area contributed by atoms with Gasteiger partial charge in [-0.05, 0) is 39.7 Å². The van der Waals surface area contributed by atoms with Crippen molar-refractivity contribution in [3.8, 4) is 0 Å². The van der Waals surface area contributed by atoms with Crippen LogP contribution in [0.2, 0.25) is 0 Å². The van der Waals surface area contributed by atoms with E-state index in [0.29, 0.717) is 0 Å². The van der Waals surface area contributed by atoms with Crippen LogP contribution in [0.3, 0.4) is 0 Å². The van der Waals surface area contributed by atoms with Crippen molar-refractivity contribution in [3.05, 3.63) is 0 Å². The van der Waals surface area contributed by atoms with Gasteiger partial charge < -0.3 is 10.8 Å². The number of hydrogen-bond acceptors (Lipinski definition) is 3. The Morgan fingerprint density at radius 3 is 2.71 bits per heavy atom. The average Bonchev–Trinajstić information content (AvgIpc) is 2.25. The third kappa shape index (κ3) is 2.96. The van der Waals surface area contributed by atoms with Crippen molar-refractivity contribution in [1.29, 1.82) is 5.41 Å². The summed E-state index contributed by atoms with van der Waals surface area (Å²) < 4.78 is 0. The normalized spacial score (nSPS) is 32.2.